The van der Waals surface area contributed by atoms with Crippen LogP contribution in [-0.4, -0.2) is 17.2 Å². The van der Waals surface area contributed by atoms with Gasteiger partial charge >= 0.3 is 7.12 Å². The lowest BCUT2D eigenvalue weighted by atomic mass is 9.79. The molecule has 1 aromatic carbocycles. The Morgan fingerprint density at radius 3 is 2.25 bits per heavy atom. The fraction of sp³-hybridized carbons (Fsp3) is 0. The summed E-state index contributed by atoms with van der Waals surface area (Å²) in [6.07, 6.45) is 0. The van der Waals surface area contributed by atoms with Gasteiger partial charge in [-0.25, -0.2) is 8.78 Å². The van der Waals surface area contributed by atoms with Crippen LogP contribution >= 0.6 is 0 Å². The van der Waals surface area contributed by atoms with Crippen LogP contribution in [0.2, 0.25) is 0 Å². The quantitative estimate of drug-likeness (QED) is 0.385. The number of hydrogen-bond donors (Lipinski definition) is 3. The first kappa shape index (κ1) is 8.96. The lowest BCUT2D eigenvalue weighted by molar-refractivity contribution is 0.423. The number of nitrogens with two attached hydrogens (primary N) is 1. The maximum Gasteiger partial charge on any atom is 0.491 e. The molecule has 4 N–H and O–H groups in total. The maximum atomic E-state index is 12.7. The van der Waals surface area contributed by atoms with E-state index in [0.29, 0.717) is 6.07 Å². The van der Waals surface area contributed by atoms with Gasteiger partial charge in [0.25, 0.3) is 0 Å². The van der Waals surface area contributed by atoms with Crippen molar-refractivity contribution < 1.29 is 18.8 Å². The maximum absolute atomic E-state index is 12.7. The summed E-state index contributed by atoms with van der Waals surface area (Å²) in [4.78, 5) is 0. The number of rotatable bonds is 1. The first-order valence-electron chi connectivity index (χ1n) is 3.13. The zero-order valence-electron chi connectivity index (χ0n) is 5.96. The Kier molecular flexibility index (Phi) is 2.30. The van der Waals surface area contributed by atoms with Crippen molar-refractivity contribution in [2.24, 2.45) is 0 Å². The number of benzene rings is 1. The Bertz CT molecular complexity index is 306. The van der Waals surface area contributed by atoms with Gasteiger partial charge in [0, 0.05) is 11.5 Å². The predicted molar refractivity (Wildman–Crippen MR) is 40.6 cm³/mol. The van der Waals surface area contributed by atoms with Gasteiger partial charge in [0.1, 0.15) is 11.6 Å². The van der Waals surface area contributed by atoms with Gasteiger partial charge in [-0.05, 0) is 6.07 Å². The first-order chi connectivity index (χ1) is 5.52. The van der Waals surface area contributed by atoms with E-state index in [-0.39, 0.29) is 5.69 Å². The van der Waals surface area contributed by atoms with Gasteiger partial charge < -0.3 is 15.8 Å². The lowest BCUT2D eigenvalue weighted by Gasteiger charge is -2.03. The molecule has 1 rings (SSSR count). The summed E-state index contributed by atoms with van der Waals surface area (Å²) in [5.74, 6) is -1.95. The third-order valence-corrected chi connectivity index (χ3v) is 1.39. The van der Waals surface area contributed by atoms with Gasteiger partial charge in [0.15, 0.2) is 0 Å². The van der Waals surface area contributed by atoms with E-state index in [2.05, 4.69) is 0 Å². The van der Waals surface area contributed by atoms with E-state index in [1.165, 1.54) is 0 Å². The summed E-state index contributed by atoms with van der Waals surface area (Å²) in [6.45, 7) is 0. The van der Waals surface area contributed by atoms with Gasteiger partial charge in [-0.1, -0.05) is 0 Å². The largest absolute Gasteiger partial charge is 0.491 e. The van der Waals surface area contributed by atoms with Crippen molar-refractivity contribution >= 4 is 18.3 Å². The first-order valence-corrected chi connectivity index (χ1v) is 3.13. The monoisotopic (exact) mass is 173 g/mol. The Balaban J connectivity index is 3.23. The summed E-state index contributed by atoms with van der Waals surface area (Å²) in [5, 5.41) is 17.1. The summed E-state index contributed by atoms with van der Waals surface area (Å²) < 4.78 is 25.2. The van der Waals surface area contributed by atoms with Gasteiger partial charge in [-0.3, -0.25) is 0 Å². The Labute approximate surface area is 67.6 Å². The van der Waals surface area contributed by atoms with Crippen molar-refractivity contribution in [2.45, 2.75) is 0 Å². The van der Waals surface area contributed by atoms with Crippen molar-refractivity contribution in [1.82, 2.24) is 0 Å². The molecule has 0 saturated carbocycles. The van der Waals surface area contributed by atoms with Crippen LogP contribution in [0.5, 0.6) is 0 Å². The van der Waals surface area contributed by atoms with E-state index in [1.807, 2.05) is 0 Å². The Morgan fingerprint density at radius 2 is 1.75 bits per heavy atom. The minimum absolute atomic E-state index is 0.320. The highest BCUT2D eigenvalue weighted by Gasteiger charge is 2.18. The van der Waals surface area contributed by atoms with E-state index in [0.717, 1.165) is 6.07 Å². The van der Waals surface area contributed by atoms with Gasteiger partial charge in [0.2, 0.25) is 0 Å². The highest BCUT2D eigenvalue weighted by molar-refractivity contribution is 6.58. The molecule has 6 heteroatoms. The zero-order valence-corrected chi connectivity index (χ0v) is 5.96. The molecule has 0 aromatic heterocycles. The molecule has 0 heterocycles. The van der Waals surface area contributed by atoms with Gasteiger partial charge in [-0.2, -0.15) is 0 Å². The molecule has 0 bridgehead atoms. The van der Waals surface area contributed by atoms with E-state index >= 15 is 0 Å². The van der Waals surface area contributed by atoms with E-state index in [9.17, 15) is 8.78 Å². The van der Waals surface area contributed by atoms with Crippen LogP contribution < -0.4 is 11.2 Å². The third kappa shape index (κ3) is 1.54. The molecule has 64 valence electrons. The fourth-order valence-electron chi connectivity index (χ4n) is 0.781. The molecule has 0 saturated heterocycles. The third-order valence-electron chi connectivity index (χ3n) is 1.39. The molecule has 3 nitrogen and oxygen atoms in total. The SMILES string of the molecule is Nc1cc(B(O)O)c(F)cc1F. The van der Waals surface area contributed by atoms with E-state index in [1.54, 1.807) is 0 Å². The van der Waals surface area contributed by atoms with Crippen molar-refractivity contribution in [3.05, 3.63) is 23.8 Å². The van der Waals surface area contributed by atoms with Crippen LogP contribution in [0.1, 0.15) is 0 Å². The second kappa shape index (κ2) is 3.08. The number of anilines is 1. The number of halogens is 2. The second-order valence-electron chi connectivity index (χ2n) is 2.27. The Morgan fingerprint density at radius 1 is 1.17 bits per heavy atom. The molecule has 0 aliphatic carbocycles. The summed E-state index contributed by atoms with van der Waals surface area (Å²) in [7, 11) is -1.98. The van der Waals surface area contributed by atoms with Crippen LogP contribution in [0.25, 0.3) is 0 Å². The molecule has 0 radical (unpaired) electrons. The fourth-order valence-corrected chi connectivity index (χ4v) is 0.781. The summed E-state index contributed by atoms with van der Waals surface area (Å²) in [6, 6.07) is 1.35. The molecule has 1 aromatic rings. The lowest BCUT2D eigenvalue weighted by Crippen LogP contribution is -2.33. The topological polar surface area (TPSA) is 66.5 Å². The molecule has 0 unspecified atom stereocenters. The highest BCUT2D eigenvalue weighted by Crippen LogP contribution is 2.09. The van der Waals surface area contributed by atoms with Crippen LogP contribution in [0, 0.1) is 11.6 Å². The average molecular weight is 173 g/mol. The molecule has 0 amide bonds. The van der Waals surface area contributed by atoms with Gasteiger partial charge in [-0.15, -0.1) is 0 Å². The molecular weight excluding hydrogens is 167 g/mol. The normalized spacial score (nSPS) is 10.0. The summed E-state index contributed by atoms with van der Waals surface area (Å²) in [5.41, 5.74) is 4.31. The zero-order chi connectivity index (χ0) is 9.30. The smallest absolute Gasteiger partial charge is 0.423 e. The van der Waals surface area contributed by atoms with Crippen molar-refractivity contribution in [2.75, 3.05) is 5.73 Å². The highest BCUT2D eigenvalue weighted by atomic mass is 19.1. The molecule has 12 heavy (non-hydrogen) atoms. The average Bonchev–Trinajstić information content (AvgIpc) is 1.96. The van der Waals surface area contributed by atoms with Gasteiger partial charge in [0.05, 0.1) is 5.69 Å². The molecule has 0 aliphatic rings. The minimum atomic E-state index is -1.98. The molecular formula is C6H6BF2NO2. The summed E-state index contributed by atoms with van der Waals surface area (Å²) >= 11 is 0. The van der Waals surface area contributed by atoms with Crippen molar-refractivity contribution in [3.8, 4) is 0 Å². The van der Waals surface area contributed by atoms with Crippen LogP contribution in [0.15, 0.2) is 12.1 Å². The van der Waals surface area contributed by atoms with E-state index < -0.39 is 24.2 Å². The van der Waals surface area contributed by atoms with Crippen LogP contribution in [0.3, 0.4) is 0 Å². The second-order valence-corrected chi connectivity index (χ2v) is 2.27. The number of hydrogen-bond acceptors (Lipinski definition) is 3. The number of nitrogen functional groups attached to an aromatic ring is 1. The van der Waals surface area contributed by atoms with Crippen LogP contribution in [0.4, 0.5) is 14.5 Å². The molecule has 0 spiro atoms. The Hall–Kier alpha value is -1.14. The van der Waals surface area contributed by atoms with Crippen molar-refractivity contribution in [3.63, 3.8) is 0 Å². The van der Waals surface area contributed by atoms with Crippen molar-refractivity contribution in [1.29, 1.82) is 0 Å². The van der Waals surface area contributed by atoms with Crippen LogP contribution in [-0.2, 0) is 0 Å². The molecule has 0 aliphatic heterocycles. The van der Waals surface area contributed by atoms with E-state index in [4.69, 9.17) is 15.8 Å². The predicted octanol–water partition coefficient (Wildman–Crippen LogP) is -0.773. The molecule has 0 atom stereocenters. The standard InChI is InChI=1S/C6H6BF2NO2/c8-4-2-5(9)6(10)1-3(4)7(11)12/h1-2,11-12H,10H2. The molecule has 0 fully saturated rings. The minimum Gasteiger partial charge on any atom is -0.423 e.